The highest BCUT2D eigenvalue weighted by Crippen LogP contribution is 2.79. The first-order valence-corrected chi connectivity index (χ1v) is 15.4. The van der Waals surface area contributed by atoms with Gasteiger partial charge in [0, 0.05) is 12.1 Å². The van der Waals surface area contributed by atoms with Gasteiger partial charge in [0.05, 0.1) is 17.0 Å². The molecular formula is C24H47N2P2+. The van der Waals surface area contributed by atoms with E-state index < -0.39 is 7.41 Å². The molecule has 3 saturated carbocycles. The summed E-state index contributed by atoms with van der Waals surface area (Å²) < 4.78 is 8.62. The lowest BCUT2D eigenvalue weighted by Gasteiger charge is -2.45. The lowest BCUT2D eigenvalue weighted by molar-refractivity contribution is 0.331. The van der Waals surface area contributed by atoms with Gasteiger partial charge in [-0.15, -0.1) is 0 Å². The minimum absolute atomic E-state index is 0.594. The molecule has 0 aromatic rings. The van der Waals surface area contributed by atoms with E-state index in [1.54, 1.807) is 0 Å². The summed E-state index contributed by atoms with van der Waals surface area (Å²) in [6.45, 7) is 9.46. The van der Waals surface area contributed by atoms with Crippen LogP contribution in [0.3, 0.4) is 0 Å². The molecule has 28 heavy (non-hydrogen) atoms. The third kappa shape index (κ3) is 5.39. The van der Waals surface area contributed by atoms with Crippen molar-refractivity contribution in [2.24, 2.45) is 4.52 Å². The van der Waals surface area contributed by atoms with Crippen molar-refractivity contribution >= 4 is 15.9 Å². The Hall–Kier alpha value is 0.490. The van der Waals surface area contributed by atoms with Crippen molar-refractivity contribution in [2.45, 2.75) is 153 Å². The van der Waals surface area contributed by atoms with Crippen LogP contribution in [0.4, 0.5) is 0 Å². The Morgan fingerprint density at radius 1 is 0.607 bits per heavy atom. The van der Waals surface area contributed by atoms with Crippen molar-refractivity contribution in [2.75, 3.05) is 0 Å². The average Bonchev–Trinajstić information content (AvgIpc) is 2.73. The van der Waals surface area contributed by atoms with Crippen molar-refractivity contribution in [1.82, 2.24) is 4.67 Å². The van der Waals surface area contributed by atoms with E-state index in [2.05, 4.69) is 32.4 Å². The predicted molar refractivity (Wildman–Crippen MR) is 129 cm³/mol. The van der Waals surface area contributed by atoms with Gasteiger partial charge in [-0.2, -0.15) is 0 Å². The quantitative estimate of drug-likeness (QED) is 0.371. The summed E-state index contributed by atoms with van der Waals surface area (Å²) in [5.74, 6) is 0. The zero-order valence-electron chi connectivity index (χ0n) is 19.3. The van der Waals surface area contributed by atoms with Crippen LogP contribution >= 0.6 is 15.9 Å². The Kier molecular flexibility index (Phi) is 9.27. The summed E-state index contributed by atoms with van der Waals surface area (Å²) >= 11 is 0. The van der Waals surface area contributed by atoms with E-state index in [0.717, 1.165) is 17.0 Å². The summed E-state index contributed by atoms with van der Waals surface area (Å²) in [5, 5.41) is 0. The average molecular weight is 426 g/mol. The first-order chi connectivity index (χ1) is 13.6. The van der Waals surface area contributed by atoms with Crippen LogP contribution in [-0.2, 0) is 0 Å². The lowest BCUT2D eigenvalue weighted by atomic mass is 9.99. The monoisotopic (exact) mass is 425 g/mol. The van der Waals surface area contributed by atoms with Gasteiger partial charge in [-0.25, -0.2) is 4.67 Å². The van der Waals surface area contributed by atoms with Crippen LogP contribution in [0.15, 0.2) is 4.52 Å². The number of hydrogen-bond donors (Lipinski definition) is 0. The largest absolute Gasteiger partial charge is 0.234 e. The van der Waals surface area contributed by atoms with Crippen molar-refractivity contribution in [3.63, 3.8) is 0 Å². The van der Waals surface area contributed by atoms with Gasteiger partial charge in [-0.3, -0.25) is 0 Å². The highest BCUT2D eigenvalue weighted by atomic mass is 31.2. The molecule has 0 atom stereocenters. The number of hydrogen-bond acceptors (Lipinski definition) is 1. The third-order valence-electron chi connectivity index (χ3n) is 7.84. The molecule has 0 N–H and O–H groups in total. The van der Waals surface area contributed by atoms with Crippen LogP contribution in [0, 0.1) is 0 Å². The second-order valence-corrected chi connectivity index (χ2v) is 15.5. The Morgan fingerprint density at radius 3 is 1.21 bits per heavy atom. The maximum absolute atomic E-state index is 5.98. The molecule has 0 amide bonds. The van der Waals surface area contributed by atoms with E-state index in [1.807, 2.05) is 0 Å². The molecule has 2 nitrogen and oxygen atoms in total. The molecule has 0 unspecified atom stereocenters. The lowest BCUT2D eigenvalue weighted by Crippen LogP contribution is -2.35. The van der Waals surface area contributed by atoms with Crippen LogP contribution in [0.1, 0.15) is 124 Å². The van der Waals surface area contributed by atoms with Crippen LogP contribution in [-0.4, -0.2) is 33.7 Å². The summed E-state index contributed by atoms with van der Waals surface area (Å²) in [7, 11) is 0.0401. The summed E-state index contributed by atoms with van der Waals surface area (Å²) in [6, 6.07) is 1.19. The number of nitrogens with zero attached hydrogens (tertiary/aromatic N) is 2. The Morgan fingerprint density at radius 2 is 0.929 bits per heavy atom. The predicted octanol–water partition coefficient (Wildman–Crippen LogP) is 9.08. The normalized spacial score (nSPS) is 24.8. The van der Waals surface area contributed by atoms with Crippen molar-refractivity contribution < 1.29 is 0 Å². The standard InChI is InChI=1S/C24H47N2P2/c1-20(2)26(21(3)4)27-25-28(22-14-8-5-9-15-22,23-16-10-6-11-17-23)24-18-12-7-13-19-24/h20-24H,5-19H2,1-4H3/q+1. The van der Waals surface area contributed by atoms with Gasteiger partial charge in [-0.05, 0) is 105 Å². The fourth-order valence-electron chi connectivity index (χ4n) is 6.52. The van der Waals surface area contributed by atoms with Crippen molar-refractivity contribution in [1.29, 1.82) is 0 Å². The first-order valence-electron chi connectivity index (χ1n) is 12.6. The Balaban J connectivity index is 1.99. The molecule has 0 heterocycles. The zero-order valence-corrected chi connectivity index (χ0v) is 21.1. The molecule has 4 heteroatoms. The molecule has 0 aromatic carbocycles. The Labute approximate surface area is 178 Å². The summed E-state index contributed by atoms with van der Waals surface area (Å²) in [5.41, 5.74) is 2.92. The second-order valence-electron chi connectivity index (χ2n) is 10.4. The second kappa shape index (κ2) is 11.2. The Bertz CT molecular complexity index is 419. The van der Waals surface area contributed by atoms with Crippen molar-refractivity contribution in [3.05, 3.63) is 0 Å². The molecule has 162 valence electrons. The fourth-order valence-corrected chi connectivity index (χ4v) is 15.0. The highest BCUT2D eigenvalue weighted by molar-refractivity contribution is 7.78. The molecule has 0 bridgehead atoms. The SMILES string of the molecule is CC(C)N(P=N[P+](C1CCCCC1)(C1CCCCC1)C1CCCCC1)C(C)C. The molecular weight excluding hydrogens is 378 g/mol. The van der Waals surface area contributed by atoms with Gasteiger partial charge >= 0.3 is 0 Å². The molecule has 0 saturated heterocycles. The molecule has 0 spiro atoms. The van der Waals surface area contributed by atoms with Gasteiger partial charge in [0.1, 0.15) is 15.9 Å². The van der Waals surface area contributed by atoms with Crippen LogP contribution < -0.4 is 0 Å². The third-order valence-corrected chi connectivity index (χ3v) is 15.6. The van der Waals surface area contributed by atoms with E-state index in [4.69, 9.17) is 4.52 Å². The van der Waals surface area contributed by atoms with Gasteiger partial charge in [-0.1, -0.05) is 23.8 Å². The highest BCUT2D eigenvalue weighted by Gasteiger charge is 2.58. The molecule has 0 radical (unpaired) electrons. The van der Waals surface area contributed by atoms with Gasteiger partial charge in [0.25, 0.3) is 0 Å². The number of rotatable bonds is 7. The van der Waals surface area contributed by atoms with E-state index in [1.165, 1.54) is 105 Å². The summed E-state index contributed by atoms with van der Waals surface area (Å²) in [6.07, 6.45) is 22.4. The maximum Gasteiger partial charge on any atom is 0.148 e. The fraction of sp³-hybridized carbons (Fsp3) is 1.00. The molecule has 3 rings (SSSR count). The molecule has 3 fully saturated rings. The minimum Gasteiger partial charge on any atom is -0.234 e. The van der Waals surface area contributed by atoms with E-state index in [-0.39, 0.29) is 0 Å². The van der Waals surface area contributed by atoms with E-state index in [9.17, 15) is 0 Å². The van der Waals surface area contributed by atoms with Gasteiger partial charge in [0.2, 0.25) is 0 Å². The molecule has 3 aliphatic carbocycles. The minimum atomic E-state index is -1.28. The van der Waals surface area contributed by atoms with E-state index in [0.29, 0.717) is 12.1 Å². The van der Waals surface area contributed by atoms with Crippen molar-refractivity contribution in [3.8, 4) is 0 Å². The maximum atomic E-state index is 5.98. The smallest absolute Gasteiger partial charge is 0.148 e. The summed E-state index contributed by atoms with van der Waals surface area (Å²) in [4.78, 5) is 0. The van der Waals surface area contributed by atoms with E-state index >= 15 is 0 Å². The van der Waals surface area contributed by atoms with Gasteiger partial charge in [0.15, 0.2) is 0 Å². The first kappa shape index (κ1) is 23.2. The topological polar surface area (TPSA) is 15.6 Å². The zero-order chi connectivity index (χ0) is 20.0. The van der Waals surface area contributed by atoms with Crippen LogP contribution in [0.5, 0.6) is 0 Å². The van der Waals surface area contributed by atoms with Gasteiger partial charge < -0.3 is 0 Å². The molecule has 3 aliphatic rings. The van der Waals surface area contributed by atoms with Crippen LogP contribution in [0.2, 0.25) is 0 Å². The van der Waals surface area contributed by atoms with Crippen LogP contribution in [0.25, 0.3) is 0 Å². The molecule has 0 aliphatic heterocycles. The molecule has 0 aromatic heterocycles.